The first-order valence-corrected chi connectivity index (χ1v) is 5.68. The first-order chi connectivity index (χ1) is 8.25. The van der Waals surface area contributed by atoms with Crippen LogP contribution in [0.2, 0.25) is 0 Å². The zero-order valence-electron chi connectivity index (χ0n) is 10.1. The first-order valence-electron chi connectivity index (χ1n) is 5.68. The summed E-state index contributed by atoms with van der Waals surface area (Å²) >= 11 is 0. The summed E-state index contributed by atoms with van der Waals surface area (Å²) in [5, 5.41) is 3.37. The van der Waals surface area contributed by atoms with Gasteiger partial charge in [-0.15, -0.1) is 0 Å². The van der Waals surface area contributed by atoms with Crippen molar-refractivity contribution in [1.82, 2.24) is 20.3 Å². The third kappa shape index (κ3) is 3.32. The van der Waals surface area contributed by atoms with E-state index < -0.39 is 0 Å². The topological polar surface area (TPSA) is 50.7 Å². The molecular weight excluding hydrogens is 212 g/mol. The second kappa shape index (κ2) is 5.50. The number of pyridine rings is 1. The van der Waals surface area contributed by atoms with Gasteiger partial charge in [0, 0.05) is 48.5 Å². The van der Waals surface area contributed by atoms with E-state index in [0.29, 0.717) is 6.04 Å². The van der Waals surface area contributed by atoms with Gasteiger partial charge >= 0.3 is 0 Å². The number of hydrogen-bond acceptors (Lipinski definition) is 4. The van der Waals surface area contributed by atoms with E-state index in [-0.39, 0.29) is 0 Å². The van der Waals surface area contributed by atoms with Gasteiger partial charge in [0.15, 0.2) is 0 Å². The van der Waals surface area contributed by atoms with E-state index in [1.54, 1.807) is 12.4 Å². The van der Waals surface area contributed by atoms with Gasteiger partial charge in [-0.2, -0.15) is 0 Å². The molecule has 2 heterocycles. The molecule has 0 amide bonds. The van der Waals surface area contributed by atoms with Crippen LogP contribution in [0.3, 0.4) is 0 Å². The molecule has 0 aliphatic heterocycles. The normalized spacial score (nSPS) is 10.8. The van der Waals surface area contributed by atoms with Crippen molar-refractivity contribution >= 4 is 0 Å². The van der Waals surface area contributed by atoms with Crippen LogP contribution in [0.5, 0.6) is 0 Å². The number of nitrogens with zero attached hydrogens (tertiary/aromatic N) is 3. The molecule has 2 rings (SSSR count). The Morgan fingerprint density at radius 2 is 1.71 bits per heavy atom. The van der Waals surface area contributed by atoms with E-state index in [1.165, 1.54) is 11.9 Å². The highest BCUT2D eigenvalue weighted by Gasteiger charge is 2.01. The summed E-state index contributed by atoms with van der Waals surface area (Å²) in [6.07, 6.45) is 8.83. The monoisotopic (exact) mass is 228 g/mol. The average Bonchev–Trinajstić information content (AvgIpc) is 2.38. The molecule has 17 heavy (non-hydrogen) atoms. The lowest BCUT2D eigenvalue weighted by Crippen LogP contribution is -2.21. The molecule has 2 aromatic heterocycles. The predicted octanol–water partition coefficient (Wildman–Crippen LogP) is 2.04. The zero-order chi connectivity index (χ0) is 12.1. The molecule has 88 valence electrons. The zero-order valence-corrected chi connectivity index (χ0v) is 10.1. The van der Waals surface area contributed by atoms with E-state index in [1.807, 2.05) is 12.4 Å². The van der Waals surface area contributed by atoms with Crippen molar-refractivity contribution in [3.05, 3.63) is 42.7 Å². The van der Waals surface area contributed by atoms with Crippen molar-refractivity contribution in [3.8, 4) is 11.1 Å². The van der Waals surface area contributed by atoms with Gasteiger partial charge in [-0.3, -0.25) is 4.98 Å². The van der Waals surface area contributed by atoms with Crippen molar-refractivity contribution in [2.45, 2.75) is 26.4 Å². The average molecular weight is 228 g/mol. The highest BCUT2D eigenvalue weighted by atomic mass is 14.9. The van der Waals surface area contributed by atoms with Gasteiger partial charge in [0.1, 0.15) is 6.33 Å². The summed E-state index contributed by atoms with van der Waals surface area (Å²) in [5.41, 5.74) is 3.21. The Bertz CT molecular complexity index is 468. The van der Waals surface area contributed by atoms with Crippen LogP contribution < -0.4 is 5.32 Å². The Morgan fingerprint density at radius 1 is 1.00 bits per heavy atom. The van der Waals surface area contributed by atoms with Gasteiger partial charge < -0.3 is 5.32 Å². The molecule has 0 spiro atoms. The molecule has 4 nitrogen and oxygen atoms in total. The van der Waals surface area contributed by atoms with Crippen LogP contribution in [0.25, 0.3) is 11.1 Å². The second-order valence-electron chi connectivity index (χ2n) is 4.24. The Kier molecular flexibility index (Phi) is 3.77. The van der Waals surface area contributed by atoms with Gasteiger partial charge in [0.2, 0.25) is 0 Å². The van der Waals surface area contributed by atoms with E-state index in [2.05, 4.69) is 40.2 Å². The number of aromatic nitrogens is 3. The van der Waals surface area contributed by atoms with Crippen molar-refractivity contribution in [2.24, 2.45) is 0 Å². The van der Waals surface area contributed by atoms with Gasteiger partial charge in [-0.1, -0.05) is 13.8 Å². The van der Waals surface area contributed by atoms with Crippen LogP contribution in [0.1, 0.15) is 19.4 Å². The van der Waals surface area contributed by atoms with Crippen LogP contribution in [0, 0.1) is 0 Å². The van der Waals surface area contributed by atoms with Gasteiger partial charge in [0.05, 0.1) is 0 Å². The molecule has 1 N–H and O–H groups in total. The molecule has 0 aliphatic carbocycles. The lowest BCUT2D eigenvalue weighted by Gasteiger charge is -2.08. The summed E-state index contributed by atoms with van der Waals surface area (Å²) in [5.74, 6) is 0. The fraction of sp³-hybridized carbons (Fsp3) is 0.308. The third-order valence-corrected chi connectivity index (χ3v) is 2.40. The molecule has 2 aromatic rings. The van der Waals surface area contributed by atoms with Gasteiger partial charge in [0.25, 0.3) is 0 Å². The van der Waals surface area contributed by atoms with Crippen LogP contribution >= 0.6 is 0 Å². The van der Waals surface area contributed by atoms with E-state index in [4.69, 9.17) is 0 Å². The number of hydrogen-bond donors (Lipinski definition) is 1. The molecule has 0 bridgehead atoms. The smallest absolute Gasteiger partial charge is 0.115 e. The summed E-state index contributed by atoms with van der Waals surface area (Å²) < 4.78 is 0. The highest BCUT2D eigenvalue weighted by Crippen LogP contribution is 2.16. The third-order valence-electron chi connectivity index (χ3n) is 2.40. The summed E-state index contributed by atoms with van der Waals surface area (Å²) in [6, 6.07) is 2.58. The maximum Gasteiger partial charge on any atom is 0.115 e. The maximum atomic E-state index is 4.24. The molecule has 0 unspecified atom stereocenters. The number of nitrogens with one attached hydrogen (secondary N) is 1. The van der Waals surface area contributed by atoms with Crippen LogP contribution in [-0.4, -0.2) is 21.0 Å². The fourth-order valence-corrected chi connectivity index (χ4v) is 1.51. The van der Waals surface area contributed by atoms with E-state index in [0.717, 1.165) is 17.7 Å². The summed E-state index contributed by atoms with van der Waals surface area (Å²) in [4.78, 5) is 12.3. The Morgan fingerprint density at radius 3 is 2.41 bits per heavy atom. The SMILES string of the molecule is CC(C)NCc1cncc(-c2cncnc2)c1. The Hall–Kier alpha value is -1.81. The summed E-state index contributed by atoms with van der Waals surface area (Å²) in [6.45, 7) is 5.08. The van der Waals surface area contributed by atoms with Crippen molar-refractivity contribution in [2.75, 3.05) is 0 Å². The minimum atomic E-state index is 0.471. The molecule has 0 aromatic carbocycles. The van der Waals surface area contributed by atoms with E-state index in [9.17, 15) is 0 Å². The van der Waals surface area contributed by atoms with Crippen LogP contribution in [0.15, 0.2) is 37.2 Å². The van der Waals surface area contributed by atoms with Crippen LogP contribution in [-0.2, 0) is 6.54 Å². The highest BCUT2D eigenvalue weighted by molar-refractivity contribution is 5.60. The molecule has 0 radical (unpaired) electrons. The van der Waals surface area contributed by atoms with Crippen molar-refractivity contribution in [3.63, 3.8) is 0 Å². The van der Waals surface area contributed by atoms with Gasteiger partial charge in [-0.25, -0.2) is 9.97 Å². The van der Waals surface area contributed by atoms with Crippen molar-refractivity contribution < 1.29 is 0 Å². The molecule has 0 saturated heterocycles. The largest absolute Gasteiger partial charge is 0.310 e. The van der Waals surface area contributed by atoms with E-state index >= 15 is 0 Å². The fourth-order valence-electron chi connectivity index (χ4n) is 1.51. The van der Waals surface area contributed by atoms with Crippen molar-refractivity contribution in [1.29, 1.82) is 0 Å². The minimum absolute atomic E-state index is 0.471. The maximum absolute atomic E-state index is 4.24. The predicted molar refractivity (Wildman–Crippen MR) is 67.2 cm³/mol. The molecular formula is C13H16N4. The molecule has 4 heteroatoms. The Balaban J connectivity index is 2.17. The molecule has 0 saturated carbocycles. The molecule has 0 aliphatic rings. The summed E-state index contributed by atoms with van der Waals surface area (Å²) in [7, 11) is 0. The standard InChI is InChI=1S/C13H16N4/c1-10(2)17-5-11-3-12(6-14-4-11)13-7-15-9-16-8-13/h3-4,6-10,17H,5H2,1-2H3. The lowest BCUT2D eigenvalue weighted by molar-refractivity contribution is 0.588. The number of rotatable bonds is 4. The molecule has 0 atom stereocenters. The quantitative estimate of drug-likeness (QED) is 0.870. The Labute approximate surface area is 101 Å². The second-order valence-corrected chi connectivity index (χ2v) is 4.24. The van der Waals surface area contributed by atoms with Gasteiger partial charge in [-0.05, 0) is 11.6 Å². The first kappa shape index (κ1) is 11.7. The lowest BCUT2D eigenvalue weighted by atomic mass is 10.1. The van der Waals surface area contributed by atoms with Crippen LogP contribution in [0.4, 0.5) is 0 Å². The molecule has 0 fully saturated rings. The minimum Gasteiger partial charge on any atom is -0.310 e.